The highest BCUT2D eigenvalue weighted by Crippen LogP contribution is 2.16. The molecule has 0 N–H and O–H groups in total. The Labute approximate surface area is 310 Å². The van der Waals surface area contributed by atoms with E-state index in [1.54, 1.807) is 0 Å². The number of rotatable bonds is 40. The molecule has 0 aliphatic heterocycles. The standard InChI is InChI=1S/C44H84O6/c1-4-7-10-13-15-17-19-20-21-22-23-24-25-27-28-31-34-37-43(46)49-40-41(39-48-42(45)36-33-30-12-9-6-3)50-44(47)38-35-32-29-26-18-16-14-11-8-5-2/h41H,4-40H2,1-3H3/t41-/m0/s1. The zero-order chi connectivity index (χ0) is 36.6. The van der Waals surface area contributed by atoms with Crippen molar-refractivity contribution in [3.63, 3.8) is 0 Å². The summed E-state index contributed by atoms with van der Waals surface area (Å²) < 4.78 is 16.6. The van der Waals surface area contributed by atoms with Crippen molar-refractivity contribution in [1.29, 1.82) is 0 Å². The molecule has 0 aromatic carbocycles. The van der Waals surface area contributed by atoms with Crippen molar-refractivity contribution >= 4 is 17.9 Å². The molecule has 50 heavy (non-hydrogen) atoms. The number of ether oxygens (including phenoxy) is 3. The molecule has 1 atom stereocenters. The average molecular weight is 709 g/mol. The average Bonchev–Trinajstić information content (AvgIpc) is 3.11. The summed E-state index contributed by atoms with van der Waals surface area (Å²) in [6.07, 6.45) is 39.7. The Morgan fingerprint density at radius 3 is 0.800 bits per heavy atom. The molecular formula is C44H84O6. The van der Waals surface area contributed by atoms with Gasteiger partial charge in [-0.2, -0.15) is 0 Å². The summed E-state index contributed by atoms with van der Waals surface area (Å²) in [7, 11) is 0. The van der Waals surface area contributed by atoms with Crippen LogP contribution in [0.4, 0.5) is 0 Å². The van der Waals surface area contributed by atoms with E-state index in [1.807, 2.05) is 0 Å². The molecule has 0 aromatic heterocycles. The van der Waals surface area contributed by atoms with Gasteiger partial charge in [0.1, 0.15) is 13.2 Å². The topological polar surface area (TPSA) is 78.9 Å². The molecule has 0 rings (SSSR count). The highest BCUT2D eigenvalue weighted by atomic mass is 16.6. The van der Waals surface area contributed by atoms with E-state index in [1.165, 1.54) is 141 Å². The van der Waals surface area contributed by atoms with Crippen molar-refractivity contribution in [3.05, 3.63) is 0 Å². The molecule has 0 radical (unpaired) electrons. The molecule has 0 aliphatic rings. The van der Waals surface area contributed by atoms with Crippen LogP contribution in [-0.2, 0) is 28.6 Å². The monoisotopic (exact) mass is 709 g/mol. The molecular weight excluding hydrogens is 624 g/mol. The summed E-state index contributed by atoms with van der Waals surface area (Å²) in [6, 6.07) is 0. The minimum Gasteiger partial charge on any atom is -0.462 e. The van der Waals surface area contributed by atoms with Crippen LogP contribution in [0.15, 0.2) is 0 Å². The molecule has 6 nitrogen and oxygen atoms in total. The molecule has 0 saturated heterocycles. The van der Waals surface area contributed by atoms with Gasteiger partial charge in [0.25, 0.3) is 0 Å². The van der Waals surface area contributed by atoms with E-state index in [0.717, 1.165) is 64.2 Å². The first kappa shape index (κ1) is 48.4. The van der Waals surface area contributed by atoms with E-state index < -0.39 is 6.10 Å². The highest BCUT2D eigenvalue weighted by Gasteiger charge is 2.19. The summed E-state index contributed by atoms with van der Waals surface area (Å²) in [5.74, 6) is -0.870. The summed E-state index contributed by atoms with van der Waals surface area (Å²) in [6.45, 7) is 6.56. The maximum Gasteiger partial charge on any atom is 0.306 e. The third kappa shape index (κ3) is 37.7. The second-order valence-electron chi connectivity index (χ2n) is 15.0. The lowest BCUT2D eigenvalue weighted by molar-refractivity contribution is -0.167. The van der Waals surface area contributed by atoms with Crippen LogP contribution >= 0.6 is 0 Å². The highest BCUT2D eigenvalue weighted by molar-refractivity contribution is 5.71. The van der Waals surface area contributed by atoms with Crippen molar-refractivity contribution in [3.8, 4) is 0 Å². The van der Waals surface area contributed by atoms with Gasteiger partial charge >= 0.3 is 17.9 Å². The molecule has 0 bridgehead atoms. The lowest BCUT2D eigenvalue weighted by Gasteiger charge is -2.18. The molecule has 0 aliphatic carbocycles. The van der Waals surface area contributed by atoms with Gasteiger partial charge in [0.2, 0.25) is 0 Å². The van der Waals surface area contributed by atoms with Gasteiger partial charge in [-0.3, -0.25) is 14.4 Å². The zero-order valence-electron chi connectivity index (χ0n) is 33.7. The van der Waals surface area contributed by atoms with E-state index in [9.17, 15) is 14.4 Å². The van der Waals surface area contributed by atoms with Gasteiger partial charge in [0.15, 0.2) is 6.10 Å². The van der Waals surface area contributed by atoms with Crippen LogP contribution in [-0.4, -0.2) is 37.2 Å². The minimum atomic E-state index is -0.755. The molecule has 0 heterocycles. The Hall–Kier alpha value is -1.59. The fourth-order valence-electron chi connectivity index (χ4n) is 6.50. The van der Waals surface area contributed by atoms with E-state index >= 15 is 0 Å². The normalized spacial score (nSPS) is 11.8. The van der Waals surface area contributed by atoms with Gasteiger partial charge in [-0.15, -0.1) is 0 Å². The number of hydrogen-bond acceptors (Lipinski definition) is 6. The smallest absolute Gasteiger partial charge is 0.306 e. The SMILES string of the molecule is CCCCCCCCCCCCCCCCCCCC(=O)OC[C@H](COC(=O)CCCCCCC)OC(=O)CCCCCCCCCCCC. The first-order valence-electron chi connectivity index (χ1n) is 22.0. The van der Waals surface area contributed by atoms with Gasteiger partial charge in [0, 0.05) is 19.3 Å². The maximum absolute atomic E-state index is 12.6. The zero-order valence-corrected chi connectivity index (χ0v) is 33.7. The first-order valence-corrected chi connectivity index (χ1v) is 22.0. The third-order valence-electron chi connectivity index (χ3n) is 9.86. The Kier molecular flexibility index (Phi) is 38.9. The van der Waals surface area contributed by atoms with Crippen LogP contribution in [0.3, 0.4) is 0 Å². The van der Waals surface area contributed by atoms with Crippen LogP contribution in [0.25, 0.3) is 0 Å². The van der Waals surface area contributed by atoms with Gasteiger partial charge in [-0.25, -0.2) is 0 Å². The molecule has 0 unspecified atom stereocenters. The number of carbonyl (C=O) groups is 3. The number of esters is 3. The Balaban J connectivity index is 4.13. The van der Waals surface area contributed by atoms with Crippen molar-refractivity contribution < 1.29 is 28.6 Å². The van der Waals surface area contributed by atoms with E-state index in [4.69, 9.17) is 14.2 Å². The van der Waals surface area contributed by atoms with Gasteiger partial charge < -0.3 is 14.2 Å². The van der Waals surface area contributed by atoms with Gasteiger partial charge in [-0.05, 0) is 19.3 Å². The summed E-state index contributed by atoms with van der Waals surface area (Å²) in [5, 5.41) is 0. The van der Waals surface area contributed by atoms with Crippen molar-refractivity contribution in [2.24, 2.45) is 0 Å². The fourth-order valence-corrected chi connectivity index (χ4v) is 6.50. The lowest BCUT2D eigenvalue weighted by Crippen LogP contribution is -2.30. The minimum absolute atomic E-state index is 0.0641. The molecule has 0 amide bonds. The van der Waals surface area contributed by atoms with E-state index in [0.29, 0.717) is 19.3 Å². The Bertz CT molecular complexity index is 738. The van der Waals surface area contributed by atoms with Crippen molar-refractivity contribution in [1.82, 2.24) is 0 Å². The first-order chi connectivity index (χ1) is 24.5. The Morgan fingerprint density at radius 2 is 0.540 bits per heavy atom. The van der Waals surface area contributed by atoms with Crippen LogP contribution < -0.4 is 0 Å². The van der Waals surface area contributed by atoms with Crippen LogP contribution in [0.1, 0.15) is 245 Å². The second-order valence-corrected chi connectivity index (χ2v) is 15.0. The largest absolute Gasteiger partial charge is 0.462 e. The quantitative estimate of drug-likeness (QED) is 0.0358. The van der Waals surface area contributed by atoms with Crippen LogP contribution in [0.2, 0.25) is 0 Å². The molecule has 0 saturated carbocycles. The predicted octanol–water partition coefficient (Wildman–Crippen LogP) is 13.7. The number of hydrogen-bond donors (Lipinski definition) is 0. The van der Waals surface area contributed by atoms with Gasteiger partial charge in [0.05, 0.1) is 0 Å². The number of carbonyl (C=O) groups excluding carboxylic acids is 3. The molecule has 296 valence electrons. The summed E-state index contributed by atoms with van der Waals surface area (Å²) in [4.78, 5) is 37.3. The number of unbranched alkanes of at least 4 members (excludes halogenated alkanes) is 29. The summed E-state index contributed by atoms with van der Waals surface area (Å²) in [5.41, 5.74) is 0. The molecule has 6 heteroatoms. The Morgan fingerprint density at radius 1 is 0.320 bits per heavy atom. The lowest BCUT2D eigenvalue weighted by atomic mass is 10.0. The van der Waals surface area contributed by atoms with Crippen LogP contribution in [0, 0.1) is 0 Å². The maximum atomic E-state index is 12.6. The van der Waals surface area contributed by atoms with E-state index in [2.05, 4.69) is 20.8 Å². The summed E-state index contributed by atoms with van der Waals surface area (Å²) >= 11 is 0. The molecule has 0 spiro atoms. The van der Waals surface area contributed by atoms with E-state index in [-0.39, 0.29) is 31.1 Å². The second kappa shape index (κ2) is 40.2. The predicted molar refractivity (Wildman–Crippen MR) is 210 cm³/mol. The fraction of sp³-hybridized carbons (Fsp3) is 0.932. The van der Waals surface area contributed by atoms with Gasteiger partial charge in [-0.1, -0.05) is 207 Å². The van der Waals surface area contributed by atoms with Crippen molar-refractivity contribution in [2.75, 3.05) is 13.2 Å². The molecule has 0 fully saturated rings. The van der Waals surface area contributed by atoms with Crippen molar-refractivity contribution in [2.45, 2.75) is 252 Å². The molecule has 0 aromatic rings. The third-order valence-corrected chi connectivity index (χ3v) is 9.86. The van der Waals surface area contributed by atoms with Crippen LogP contribution in [0.5, 0.6) is 0 Å².